The van der Waals surface area contributed by atoms with Gasteiger partial charge in [0, 0.05) is 5.92 Å². The third-order valence-electron chi connectivity index (χ3n) is 1.69. The summed E-state index contributed by atoms with van der Waals surface area (Å²) in [6, 6.07) is 0. The van der Waals surface area contributed by atoms with Crippen molar-refractivity contribution < 1.29 is 4.39 Å². The number of hydrogen-bond donors (Lipinski definition) is 0. The summed E-state index contributed by atoms with van der Waals surface area (Å²) in [6.07, 6.45) is 3.38. The minimum absolute atomic E-state index is 0.315. The Kier molecular flexibility index (Phi) is 2.52. The lowest BCUT2D eigenvalue weighted by atomic mass is 10.1. The van der Waals surface area contributed by atoms with E-state index in [1.54, 1.807) is 0 Å². The van der Waals surface area contributed by atoms with Crippen LogP contribution < -0.4 is 0 Å². The largest absolute Gasteiger partial charge is 0.238 e. The van der Waals surface area contributed by atoms with E-state index in [2.05, 4.69) is 16.9 Å². The van der Waals surface area contributed by atoms with E-state index in [-0.39, 0.29) is 5.82 Å². The quantitative estimate of drug-likeness (QED) is 0.652. The van der Waals surface area contributed by atoms with Crippen molar-refractivity contribution in [1.29, 1.82) is 0 Å². The summed E-state index contributed by atoms with van der Waals surface area (Å²) in [7, 11) is 0. The van der Waals surface area contributed by atoms with E-state index in [9.17, 15) is 4.39 Å². The molecule has 1 aromatic heterocycles. The predicted molar refractivity (Wildman–Crippen MR) is 40.7 cm³/mol. The normalized spacial score (nSPS) is 13.0. The molecule has 0 aromatic carbocycles. The van der Waals surface area contributed by atoms with Crippen LogP contribution in [0.5, 0.6) is 0 Å². The number of hydrogen-bond acceptors (Lipinski definition) is 2. The lowest BCUT2D eigenvalue weighted by Crippen LogP contribution is -1.99. The SMILES string of the molecule is CC[C@@H](C)c1ncc(F)cn1. The molecule has 3 heteroatoms. The second-order valence-corrected chi connectivity index (χ2v) is 2.57. The summed E-state index contributed by atoms with van der Waals surface area (Å²) in [5.41, 5.74) is 0. The fourth-order valence-corrected chi connectivity index (χ4v) is 0.759. The highest BCUT2D eigenvalue weighted by atomic mass is 19.1. The number of halogens is 1. The van der Waals surface area contributed by atoms with E-state index in [4.69, 9.17) is 0 Å². The Labute approximate surface area is 65.5 Å². The minimum atomic E-state index is -0.378. The summed E-state index contributed by atoms with van der Waals surface area (Å²) in [5.74, 6) is 0.654. The molecule has 2 nitrogen and oxygen atoms in total. The second kappa shape index (κ2) is 3.42. The molecule has 0 saturated heterocycles. The van der Waals surface area contributed by atoms with Gasteiger partial charge in [-0.2, -0.15) is 0 Å². The second-order valence-electron chi connectivity index (χ2n) is 2.57. The van der Waals surface area contributed by atoms with Crippen LogP contribution in [0.2, 0.25) is 0 Å². The Hall–Kier alpha value is -0.990. The van der Waals surface area contributed by atoms with Gasteiger partial charge >= 0.3 is 0 Å². The number of nitrogens with zero attached hydrogens (tertiary/aromatic N) is 2. The molecule has 60 valence electrons. The molecule has 0 fully saturated rings. The molecule has 0 aliphatic heterocycles. The van der Waals surface area contributed by atoms with Crippen molar-refractivity contribution in [2.45, 2.75) is 26.2 Å². The standard InChI is InChI=1S/C8H11FN2/c1-3-6(2)8-10-4-7(9)5-11-8/h4-6H,3H2,1-2H3/t6-/m1/s1. The van der Waals surface area contributed by atoms with Gasteiger partial charge in [-0.1, -0.05) is 13.8 Å². The zero-order valence-corrected chi connectivity index (χ0v) is 6.71. The van der Waals surface area contributed by atoms with Crippen LogP contribution in [-0.4, -0.2) is 9.97 Å². The zero-order valence-electron chi connectivity index (χ0n) is 6.71. The first-order valence-electron chi connectivity index (χ1n) is 3.71. The molecule has 11 heavy (non-hydrogen) atoms. The Morgan fingerprint density at radius 3 is 2.45 bits per heavy atom. The molecular formula is C8H11FN2. The molecule has 0 spiro atoms. The van der Waals surface area contributed by atoms with Crippen molar-refractivity contribution in [3.8, 4) is 0 Å². The Balaban J connectivity index is 2.81. The van der Waals surface area contributed by atoms with E-state index in [1.165, 1.54) is 12.4 Å². The van der Waals surface area contributed by atoms with Crippen molar-refractivity contribution in [2.24, 2.45) is 0 Å². The molecule has 1 heterocycles. The topological polar surface area (TPSA) is 25.8 Å². The van der Waals surface area contributed by atoms with Crippen molar-refractivity contribution >= 4 is 0 Å². The van der Waals surface area contributed by atoms with Gasteiger partial charge in [0.05, 0.1) is 12.4 Å². The van der Waals surface area contributed by atoms with Crippen LogP contribution in [0.1, 0.15) is 32.0 Å². The smallest absolute Gasteiger partial charge is 0.159 e. The molecule has 1 rings (SSSR count). The average Bonchev–Trinajstić information content (AvgIpc) is 2.05. The lowest BCUT2D eigenvalue weighted by Gasteiger charge is -2.04. The summed E-state index contributed by atoms with van der Waals surface area (Å²) in [6.45, 7) is 4.07. The van der Waals surface area contributed by atoms with Crippen LogP contribution in [-0.2, 0) is 0 Å². The average molecular weight is 154 g/mol. The van der Waals surface area contributed by atoms with Gasteiger partial charge in [-0.3, -0.25) is 0 Å². The predicted octanol–water partition coefficient (Wildman–Crippen LogP) is 2.13. The highest BCUT2D eigenvalue weighted by Gasteiger charge is 2.04. The van der Waals surface area contributed by atoms with Crippen LogP contribution in [0.3, 0.4) is 0 Å². The highest BCUT2D eigenvalue weighted by molar-refractivity contribution is 4.96. The number of aromatic nitrogens is 2. The van der Waals surface area contributed by atoms with E-state index in [1.807, 2.05) is 6.92 Å². The molecule has 0 N–H and O–H groups in total. The molecular weight excluding hydrogens is 143 g/mol. The van der Waals surface area contributed by atoms with E-state index in [0.29, 0.717) is 11.7 Å². The molecule has 1 atom stereocenters. The molecule has 1 aromatic rings. The first-order chi connectivity index (χ1) is 5.24. The van der Waals surface area contributed by atoms with Gasteiger partial charge in [-0.05, 0) is 6.42 Å². The van der Waals surface area contributed by atoms with Crippen LogP contribution in [0.4, 0.5) is 4.39 Å². The van der Waals surface area contributed by atoms with Crippen LogP contribution in [0.15, 0.2) is 12.4 Å². The van der Waals surface area contributed by atoms with Gasteiger partial charge in [-0.25, -0.2) is 14.4 Å². The minimum Gasteiger partial charge on any atom is -0.238 e. The van der Waals surface area contributed by atoms with E-state index < -0.39 is 0 Å². The maximum atomic E-state index is 12.3. The van der Waals surface area contributed by atoms with Gasteiger partial charge in [0.25, 0.3) is 0 Å². The molecule has 0 bridgehead atoms. The maximum Gasteiger partial charge on any atom is 0.159 e. The monoisotopic (exact) mass is 154 g/mol. The van der Waals surface area contributed by atoms with Gasteiger partial charge in [0.1, 0.15) is 5.82 Å². The fourth-order valence-electron chi connectivity index (χ4n) is 0.759. The molecule has 0 amide bonds. The maximum absolute atomic E-state index is 12.3. The Morgan fingerprint density at radius 2 is 2.00 bits per heavy atom. The molecule has 0 aliphatic carbocycles. The van der Waals surface area contributed by atoms with Gasteiger partial charge in [0.2, 0.25) is 0 Å². The highest BCUT2D eigenvalue weighted by Crippen LogP contribution is 2.12. The van der Waals surface area contributed by atoms with E-state index >= 15 is 0 Å². The zero-order chi connectivity index (χ0) is 8.27. The van der Waals surface area contributed by atoms with Crippen molar-refractivity contribution in [3.05, 3.63) is 24.0 Å². The van der Waals surface area contributed by atoms with Crippen molar-refractivity contribution in [1.82, 2.24) is 9.97 Å². The summed E-state index contributed by atoms with van der Waals surface area (Å²) in [5, 5.41) is 0. The van der Waals surface area contributed by atoms with Crippen LogP contribution in [0, 0.1) is 5.82 Å². The molecule has 0 unspecified atom stereocenters. The van der Waals surface area contributed by atoms with E-state index in [0.717, 1.165) is 6.42 Å². The summed E-state index contributed by atoms with van der Waals surface area (Å²) in [4.78, 5) is 7.73. The van der Waals surface area contributed by atoms with Gasteiger partial charge in [0.15, 0.2) is 5.82 Å². The third-order valence-corrected chi connectivity index (χ3v) is 1.69. The first-order valence-corrected chi connectivity index (χ1v) is 3.71. The molecule has 0 aliphatic rings. The summed E-state index contributed by atoms with van der Waals surface area (Å²) >= 11 is 0. The fraction of sp³-hybridized carbons (Fsp3) is 0.500. The third kappa shape index (κ3) is 1.97. The van der Waals surface area contributed by atoms with Gasteiger partial charge < -0.3 is 0 Å². The lowest BCUT2D eigenvalue weighted by molar-refractivity contribution is 0.596. The Bertz CT molecular complexity index is 220. The molecule has 0 radical (unpaired) electrons. The first kappa shape index (κ1) is 8.11. The Morgan fingerprint density at radius 1 is 1.45 bits per heavy atom. The summed E-state index contributed by atoms with van der Waals surface area (Å²) < 4.78 is 12.3. The number of rotatable bonds is 2. The van der Waals surface area contributed by atoms with Gasteiger partial charge in [-0.15, -0.1) is 0 Å². The van der Waals surface area contributed by atoms with Crippen LogP contribution in [0.25, 0.3) is 0 Å². The molecule has 0 saturated carbocycles. The van der Waals surface area contributed by atoms with Crippen molar-refractivity contribution in [2.75, 3.05) is 0 Å². The van der Waals surface area contributed by atoms with Crippen molar-refractivity contribution in [3.63, 3.8) is 0 Å². The van der Waals surface area contributed by atoms with Crippen LogP contribution >= 0.6 is 0 Å².